The van der Waals surface area contributed by atoms with Crippen LogP contribution in [0.3, 0.4) is 0 Å². The van der Waals surface area contributed by atoms with Gasteiger partial charge in [-0.05, 0) is 42.8 Å². The van der Waals surface area contributed by atoms with Gasteiger partial charge in [-0.15, -0.1) is 0 Å². The smallest absolute Gasteiger partial charge is 0.308 e. The molecule has 0 saturated carbocycles. The van der Waals surface area contributed by atoms with Crippen LogP contribution in [-0.2, 0) is 14.3 Å². The molecule has 4 N–H and O–H groups in total. The van der Waals surface area contributed by atoms with Crippen LogP contribution in [0.5, 0.6) is 11.5 Å². The lowest BCUT2D eigenvalue weighted by Gasteiger charge is -2.13. The van der Waals surface area contributed by atoms with Crippen molar-refractivity contribution in [3.8, 4) is 11.5 Å². The van der Waals surface area contributed by atoms with Gasteiger partial charge in [0.2, 0.25) is 5.91 Å². The summed E-state index contributed by atoms with van der Waals surface area (Å²) in [5, 5.41) is 5.60. The predicted octanol–water partition coefficient (Wildman–Crippen LogP) is 2.64. The van der Waals surface area contributed by atoms with Crippen molar-refractivity contribution in [1.82, 2.24) is 5.32 Å². The number of amides is 2. The van der Waals surface area contributed by atoms with Crippen LogP contribution in [0.15, 0.2) is 30.3 Å². The van der Waals surface area contributed by atoms with Gasteiger partial charge in [0.25, 0.3) is 5.91 Å². The number of hydrogen-bond donors (Lipinski definition) is 3. The van der Waals surface area contributed by atoms with Crippen LogP contribution in [0.4, 0.5) is 11.4 Å². The summed E-state index contributed by atoms with van der Waals surface area (Å²) in [5.74, 6) is -1.02. The molecule has 0 bridgehead atoms. The lowest BCUT2D eigenvalue weighted by atomic mass is 10.1. The van der Waals surface area contributed by atoms with Crippen molar-refractivity contribution in [2.45, 2.75) is 19.4 Å². The van der Waals surface area contributed by atoms with Gasteiger partial charge < -0.3 is 25.8 Å². The van der Waals surface area contributed by atoms with E-state index < -0.39 is 23.8 Å². The first-order valence-corrected chi connectivity index (χ1v) is 8.71. The summed E-state index contributed by atoms with van der Waals surface area (Å²) in [5.41, 5.74) is 7.53. The van der Waals surface area contributed by atoms with E-state index in [0.717, 1.165) is 5.56 Å². The van der Waals surface area contributed by atoms with E-state index in [0.29, 0.717) is 10.8 Å². The molecule has 0 aromatic heterocycles. The molecular formula is C19H18ClN3O5. The molecule has 3 rings (SSSR count). The number of anilines is 2. The lowest BCUT2D eigenvalue weighted by molar-refractivity contribution is -0.142. The van der Waals surface area contributed by atoms with Gasteiger partial charge in [0, 0.05) is 5.02 Å². The van der Waals surface area contributed by atoms with E-state index in [1.807, 2.05) is 6.92 Å². The molecule has 2 aromatic carbocycles. The normalized spacial score (nSPS) is 15.8. The maximum absolute atomic E-state index is 12.6. The molecule has 0 saturated heterocycles. The van der Waals surface area contributed by atoms with E-state index in [2.05, 4.69) is 15.4 Å². The average Bonchev–Trinajstić information content (AvgIpc) is 2.71. The van der Waals surface area contributed by atoms with Crippen LogP contribution in [0.2, 0.25) is 5.02 Å². The van der Waals surface area contributed by atoms with Crippen molar-refractivity contribution < 1.29 is 23.9 Å². The Bertz CT molecular complexity index is 956. The Kier molecular flexibility index (Phi) is 5.41. The third-order valence-corrected chi connectivity index (χ3v) is 4.33. The highest BCUT2D eigenvalue weighted by Crippen LogP contribution is 2.35. The second kappa shape index (κ2) is 7.77. The number of benzene rings is 2. The molecule has 28 heavy (non-hydrogen) atoms. The first-order valence-electron chi connectivity index (χ1n) is 8.34. The molecule has 0 fully saturated rings. The highest BCUT2D eigenvalue weighted by molar-refractivity contribution is 6.30. The highest BCUT2D eigenvalue weighted by Gasteiger charge is 2.30. The molecule has 0 spiro atoms. The number of nitrogens with one attached hydrogen (secondary N) is 2. The van der Waals surface area contributed by atoms with Crippen molar-refractivity contribution in [2.75, 3.05) is 18.2 Å². The first kappa shape index (κ1) is 19.5. The van der Waals surface area contributed by atoms with Crippen LogP contribution < -0.4 is 21.1 Å². The molecule has 0 radical (unpaired) electrons. The Morgan fingerprint density at radius 3 is 2.64 bits per heavy atom. The zero-order valence-corrected chi connectivity index (χ0v) is 15.9. The van der Waals surface area contributed by atoms with E-state index in [1.165, 1.54) is 19.2 Å². The van der Waals surface area contributed by atoms with Gasteiger partial charge in [-0.3, -0.25) is 14.4 Å². The van der Waals surface area contributed by atoms with Gasteiger partial charge in [-0.2, -0.15) is 0 Å². The van der Waals surface area contributed by atoms with E-state index in [1.54, 1.807) is 18.2 Å². The number of carbonyl (C=O) groups excluding carboxylic acids is 3. The molecule has 1 atom stereocenters. The number of fused-ring (bicyclic) bond motifs is 1. The first-order chi connectivity index (χ1) is 13.3. The number of nitrogens with two attached hydrogens (primary N) is 1. The summed E-state index contributed by atoms with van der Waals surface area (Å²) in [7, 11) is 1.20. The molecule has 0 aliphatic carbocycles. The summed E-state index contributed by atoms with van der Waals surface area (Å²) in [6.45, 7) is 1.86. The number of nitrogen functional groups attached to an aromatic ring is 1. The minimum atomic E-state index is -1.06. The quantitative estimate of drug-likeness (QED) is 0.533. The van der Waals surface area contributed by atoms with E-state index in [-0.39, 0.29) is 29.1 Å². The van der Waals surface area contributed by atoms with Crippen molar-refractivity contribution >= 4 is 40.8 Å². The molecule has 146 valence electrons. The fourth-order valence-corrected chi connectivity index (χ4v) is 3.06. The molecule has 2 aromatic rings. The highest BCUT2D eigenvalue weighted by atomic mass is 35.5. The number of esters is 1. The Balaban J connectivity index is 1.92. The van der Waals surface area contributed by atoms with E-state index >= 15 is 0 Å². The number of rotatable bonds is 4. The number of aryl methyl sites for hydroxylation is 1. The molecule has 0 unspecified atom stereocenters. The van der Waals surface area contributed by atoms with Crippen molar-refractivity contribution in [3.63, 3.8) is 0 Å². The fourth-order valence-electron chi connectivity index (χ4n) is 2.78. The fraction of sp³-hybridized carbons (Fsp3) is 0.211. The summed E-state index contributed by atoms with van der Waals surface area (Å²) < 4.78 is 10.3. The summed E-state index contributed by atoms with van der Waals surface area (Å²) in [6.07, 6.45) is -0.289. The van der Waals surface area contributed by atoms with Gasteiger partial charge >= 0.3 is 5.97 Å². The third kappa shape index (κ3) is 4.17. The Morgan fingerprint density at radius 2 is 1.96 bits per heavy atom. The topological polar surface area (TPSA) is 120 Å². The number of halogens is 1. The van der Waals surface area contributed by atoms with Gasteiger partial charge in [0.15, 0.2) is 5.75 Å². The van der Waals surface area contributed by atoms with Crippen LogP contribution in [0.25, 0.3) is 0 Å². The molecular weight excluding hydrogens is 386 g/mol. The van der Waals surface area contributed by atoms with Crippen LogP contribution >= 0.6 is 11.6 Å². The summed E-state index contributed by atoms with van der Waals surface area (Å²) >= 11 is 6.04. The van der Waals surface area contributed by atoms with Gasteiger partial charge in [0.05, 0.1) is 30.5 Å². The average molecular weight is 404 g/mol. The minimum absolute atomic E-state index is 0.156. The number of hydrogen-bond acceptors (Lipinski definition) is 6. The number of methoxy groups -OCH3 is 1. The van der Waals surface area contributed by atoms with Crippen LogP contribution in [0, 0.1) is 6.92 Å². The minimum Gasteiger partial charge on any atom is -0.469 e. The number of carbonyl (C=O) groups is 3. The predicted molar refractivity (Wildman–Crippen MR) is 104 cm³/mol. The van der Waals surface area contributed by atoms with Gasteiger partial charge in [-0.1, -0.05) is 11.6 Å². The Morgan fingerprint density at radius 1 is 1.21 bits per heavy atom. The second-order valence-corrected chi connectivity index (χ2v) is 6.73. The molecule has 2 amide bonds. The zero-order chi connectivity index (χ0) is 20.4. The lowest BCUT2D eigenvalue weighted by Crippen LogP contribution is -2.42. The molecule has 1 aliphatic heterocycles. The largest absolute Gasteiger partial charge is 0.469 e. The van der Waals surface area contributed by atoms with Gasteiger partial charge in [-0.25, -0.2) is 0 Å². The second-order valence-electron chi connectivity index (χ2n) is 6.30. The molecule has 1 aliphatic rings. The Labute approximate surface area is 165 Å². The summed E-state index contributed by atoms with van der Waals surface area (Å²) in [4.78, 5) is 36.4. The Hall–Kier alpha value is -3.26. The third-order valence-electron chi connectivity index (χ3n) is 4.12. The van der Waals surface area contributed by atoms with E-state index in [9.17, 15) is 14.4 Å². The SMILES string of the molecule is COC(=O)C[C@@H]1NC(=O)c2cc(Oc3cc(C)cc(Cl)c3)c(N)cc2NC1=O. The molecule has 8 nitrogen and oxygen atoms in total. The number of ether oxygens (including phenoxy) is 2. The van der Waals surface area contributed by atoms with Crippen LogP contribution in [0.1, 0.15) is 22.3 Å². The van der Waals surface area contributed by atoms with Gasteiger partial charge in [0.1, 0.15) is 11.8 Å². The van der Waals surface area contributed by atoms with Crippen molar-refractivity contribution in [1.29, 1.82) is 0 Å². The van der Waals surface area contributed by atoms with Crippen molar-refractivity contribution in [3.05, 3.63) is 46.5 Å². The summed E-state index contributed by atoms with van der Waals surface area (Å²) in [6, 6.07) is 6.96. The molecule has 9 heteroatoms. The standard InChI is InChI=1S/C19H18ClN3O5/c1-9-3-10(20)5-11(4-9)28-16-6-12-14(7-13(16)21)22-19(26)15(23-18(12)25)8-17(24)27-2/h3-7,15H,8,21H2,1-2H3,(H,22,26)(H,23,25)/t15-/m0/s1. The van der Waals surface area contributed by atoms with Crippen molar-refractivity contribution in [2.24, 2.45) is 0 Å². The molecule has 1 heterocycles. The maximum Gasteiger partial charge on any atom is 0.308 e. The van der Waals surface area contributed by atoms with Crippen LogP contribution in [-0.4, -0.2) is 30.9 Å². The maximum atomic E-state index is 12.6. The monoisotopic (exact) mass is 403 g/mol. The van der Waals surface area contributed by atoms with E-state index in [4.69, 9.17) is 22.1 Å². The zero-order valence-electron chi connectivity index (χ0n) is 15.2.